The Morgan fingerprint density at radius 3 is 2.78 bits per heavy atom. The van der Waals surface area contributed by atoms with Crippen molar-refractivity contribution in [2.45, 2.75) is 12.5 Å². The highest BCUT2D eigenvalue weighted by molar-refractivity contribution is 6.31. The van der Waals surface area contributed by atoms with Gasteiger partial charge in [0.1, 0.15) is 23.4 Å². The number of imidazole rings is 1. The Morgan fingerprint density at radius 1 is 1.33 bits per heavy atom. The van der Waals surface area contributed by atoms with Crippen molar-refractivity contribution in [1.29, 1.82) is 0 Å². The first-order chi connectivity index (χ1) is 13.0. The van der Waals surface area contributed by atoms with Gasteiger partial charge < -0.3 is 14.6 Å². The Kier molecular flexibility index (Phi) is 5.76. The van der Waals surface area contributed by atoms with Crippen LogP contribution >= 0.6 is 11.6 Å². The monoisotopic (exact) mass is 387 g/mol. The minimum Gasteiger partial charge on any atom is -0.497 e. The summed E-state index contributed by atoms with van der Waals surface area (Å²) in [6.07, 6.45) is 3.28. The molecule has 27 heavy (non-hydrogen) atoms. The lowest BCUT2D eigenvalue weighted by Gasteiger charge is -2.20. The number of nitrogens with zero attached hydrogens (tertiary/aromatic N) is 2. The van der Waals surface area contributed by atoms with Crippen LogP contribution in [0, 0.1) is 5.82 Å². The summed E-state index contributed by atoms with van der Waals surface area (Å²) in [7, 11) is 3.42. The van der Waals surface area contributed by atoms with E-state index in [0.717, 1.165) is 5.56 Å². The van der Waals surface area contributed by atoms with E-state index in [1.165, 1.54) is 12.1 Å². The standard InChI is InChI=1S/C20H19ClFN3O2/c1-25-10-9-23-20(25)19(13-5-3-6-14(11-13)27-2)24-18(26)12-15-16(21)7-4-8-17(15)22/h3-11,19H,12H2,1-2H3,(H,24,26)/t19-/m0/s1. The Labute approximate surface area is 161 Å². The van der Waals surface area contributed by atoms with Crippen LogP contribution in [0.1, 0.15) is 23.0 Å². The molecule has 0 aliphatic heterocycles. The van der Waals surface area contributed by atoms with Crippen LogP contribution in [0.5, 0.6) is 5.75 Å². The molecule has 140 valence electrons. The SMILES string of the molecule is COc1cccc([C@H](NC(=O)Cc2c(F)cccc2Cl)c2nccn2C)c1. The Bertz CT molecular complexity index is 938. The summed E-state index contributed by atoms with van der Waals surface area (Å²) in [6, 6.07) is 11.2. The molecule has 0 saturated carbocycles. The molecule has 1 atom stereocenters. The van der Waals surface area contributed by atoms with Crippen molar-refractivity contribution < 1.29 is 13.9 Å². The molecule has 1 heterocycles. The van der Waals surface area contributed by atoms with Crippen LogP contribution in [0.4, 0.5) is 4.39 Å². The van der Waals surface area contributed by atoms with Crippen molar-refractivity contribution in [2.24, 2.45) is 7.05 Å². The van der Waals surface area contributed by atoms with Gasteiger partial charge in [0, 0.05) is 30.0 Å². The predicted molar refractivity (Wildman–Crippen MR) is 101 cm³/mol. The molecule has 0 unspecified atom stereocenters. The molecule has 0 aliphatic carbocycles. The van der Waals surface area contributed by atoms with E-state index in [-0.39, 0.29) is 22.9 Å². The van der Waals surface area contributed by atoms with Crippen molar-refractivity contribution in [1.82, 2.24) is 14.9 Å². The van der Waals surface area contributed by atoms with E-state index < -0.39 is 11.9 Å². The number of amides is 1. The minimum absolute atomic E-state index is 0.167. The number of aromatic nitrogens is 2. The van der Waals surface area contributed by atoms with Crippen LogP contribution in [0.25, 0.3) is 0 Å². The van der Waals surface area contributed by atoms with Crippen LogP contribution in [-0.4, -0.2) is 22.6 Å². The molecule has 5 nitrogen and oxygen atoms in total. The van der Waals surface area contributed by atoms with E-state index in [2.05, 4.69) is 10.3 Å². The number of hydrogen-bond donors (Lipinski definition) is 1. The smallest absolute Gasteiger partial charge is 0.225 e. The molecule has 0 aliphatic rings. The second kappa shape index (κ2) is 8.22. The summed E-state index contributed by atoms with van der Waals surface area (Å²) in [5.41, 5.74) is 0.970. The maximum atomic E-state index is 14.0. The summed E-state index contributed by atoms with van der Waals surface area (Å²) in [6.45, 7) is 0. The molecular weight excluding hydrogens is 369 g/mol. The first-order valence-electron chi connectivity index (χ1n) is 8.33. The maximum absolute atomic E-state index is 14.0. The van der Waals surface area contributed by atoms with Gasteiger partial charge in [-0.25, -0.2) is 9.37 Å². The van der Waals surface area contributed by atoms with Crippen molar-refractivity contribution >= 4 is 17.5 Å². The Morgan fingerprint density at radius 2 is 2.11 bits per heavy atom. The summed E-state index contributed by atoms with van der Waals surface area (Å²) < 4.78 is 21.1. The molecule has 3 aromatic rings. The van der Waals surface area contributed by atoms with Crippen molar-refractivity contribution in [2.75, 3.05) is 7.11 Å². The number of carbonyl (C=O) groups is 1. The maximum Gasteiger partial charge on any atom is 0.225 e. The highest BCUT2D eigenvalue weighted by atomic mass is 35.5. The molecule has 1 aromatic heterocycles. The summed E-state index contributed by atoms with van der Waals surface area (Å²) in [4.78, 5) is 17.0. The summed E-state index contributed by atoms with van der Waals surface area (Å²) >= 11 is 6.04. The fourth-order valence-corrected chi connectivity index (χ4v) is 3.08. The lowest BCUT2D eigenvalue weighted by molar-refractivity contribution is -0.121. The van der Waals surface area contributed by atoms with Gasteiger partial charge in [-0.05, 0) is 29.8 Å². The lowest BCUT2D eigenvalue weighted by Crippen LogP contribution is -2.32. The number of halogens is 2. The third kappa shape index (κ3) is 4.28. The highest BCUT2D eigenvalue weighted by Gasteiger charge is 2.22. The molecule has 2 aromatic carbocycles. The van der Waals surface area contributed by atoms with Crippen molar-refractivity contribution in [3.8, 4) is 5.75 Å². The number of nitrogens with one attached hydrogen (secondary N) is 1. The Balaban J connectivity index is 1.90. The topological polar surface area (TPSA) is 56.1 Å². The van der Waals surface area contributed by atoms with Crippen molar-refractivity contribution in [3.05, 3.63) is 82.6 Å². The molecule has 3 rings (SSSR count). The molecule has 0 spiro atoms. The third-order valence-electron chi connectivity index (χ3n) is 4.25. The van der Waals surface area contributed by atoms with Crippen LogP contribution in [0.15, 0.2) is 54.9 Å². The largest absolute Gasteiger partial charge is 0.497 e. The molecule has 1 N–H and O–H groups in total. The third-order valence-corrected chi connectivity index (χ3v) is 4.60. The Hall–Kier alpha value is -2.86. The average molecular weight is 388 g/mol. The first-order valence-corrected chi connectivity index (χ1v) is 8.71. The van der Waals surface area contributed by atoms with E-state index in [1.807, 2.05) is 35.9 Å². The number of methoxy groups -OCH3 is 1. The second-order valence-electron chi connectivity index (χ2n) is 6.05. The second-order valence-corrected chi connectivity index (χ2v) is 6.46. The fourth-order valence-electron chi connectivity index (χ4n) is 2.85. The van der Waals surface area contributed by atoms with Crippen LogP contribution in [0.3, 0.4) is 0 Å². The van der Waals surface area contributed by atoms with Gasteiger partial charge in [-0.3, -0.25) is 4.79 Å². The number of aryl methyl sites for hydroxylation is 1. The van der Waals surface area contributed by atoms with Crippen LogP contribution in [-0.2, 0) is 18.3 Å². The molecule has 0 saturated heterocycles. The molecule has 7 heteroatoms. The van der Waals surface area contributed by atoms with Gasteiger partial charge >= 0.3 is 0 Å². The van der Waals surface area contributed by atoms with Gasteiger partial charge in [0.25, 0.3) is 0 Å². The molecule has 0 fully saturated rings. The quantitative estimate of drug-likeness (QED) is 0.702. The zero-order valence-electron chi connectivity index (χ0n) is 14.9. The zero-order valence-corrected chi connectivity index (χ0v) is 15.7. The number of rotatable bonds is 6. The molecule has 1 amide bonds. The van der Waals surface area contributed by atoms with E-state index in [4.69, 9.17) is 16.3 Å². The molecular formula is C20H19ClFN3O2. The highest BCUT2D eigenvalue weighted by Crippen LogP contribution is 2.25. The van der Waals surface area contributed by atoms with E-state index in [0.29, 0.717) is 11.6 Å². The summed E-state index contributed by atoms with van der Waals surface area (Å²) in [5.74, 6) is 0.444. The van der Waals surface area contributed by atoms with Crippen LogP contribution in [0.2, 0.25) is 5.02 Å². The predicted octanol–water partition coefficient (Wildman–Crippen LogP) is 3.67. The fraction of sp³-hybridized carbons (Fsp3) is 0.200. The van der Waals surface area contributed by atoms with Crippen molar-refractivity contribution in [3.63, 3.8) is 0 Å². The first kappa shape index (κ1) is 18.9. The number of carbonyl (C=O) groups excluding carboxylic acids is 1. The van der Waals surface area contributed by atoms with Crippen LogP contribution < -0.4 is 10.1 Å². The van der Waals surface area contributed by atoms with Gasteiger partial charge in [-0.2, -0.15) is 0 Å². The van der Waals surface area contributed by atoms with Gasteiger partial charge in [-0.1, -0.05) is 29.8 Å². The number of hydrogen-bond acceptors (Lipinski definition) is 3. The van der Waals surface area contributed by atoms with Gasteiger partial charge in [0.15, 0.2) is 0 Å². The number of ether oxygens (including phenoxy) is 1. The average Bonchev–Trinajstić information content (AvgIpc) is 3.08. The minimum atomic E-state index is -0.516. The van der Waals surface area contributed by atoms with Gasteiger partial charge in [-0.15, -0.1) is 0 Å². The molecule has 0 radical (unpaired) electrons. The van der Waals surface area contributed by atoms with Gasteiger partial charge in [0.05, 0.1) is 13.5 Å². The van der Waals surface area contributed by atoms with E-state index in [1.54, 1.807) is 25.6 Å². The number of benzene rings is 2. The van der Waals surface area contributed by atoms with Gasteiger partial charge in [0.2, 0.25) is 5.91 Å². The van der Waals surface area contributed by atoms with E-state index >= 15 is 0 Å². The molecule has 0 bridgehead atoms. The normalized spacial score (nSPS) is 11.9. The lowest BCUT2D eigenvalue weighted by atomic mass is 10.0. The summed E-state index contributed by atoms with van der Waals surface area (Å²) in [5, 5.41) is 3.15. The zero-order chi connectivity index (χ0) is 19.4. The van der Waals surface area contributed by atoms with E-state index in [9.17, 15) is 9.18 Å².